The van der Waals surface area contributed by atoms with Gasteiger partial charge in [0.1, 0.15) is 0 Å². The van der Waals surface area contributed by atoms with Crippen LogP contribution in [0.25, 0.3) is 0 Å². The Balaban J connectivity index is 0.00000560. The van der Waals surface area contributed by atoms with Crippen LogP contribution in [0, 0.1) is 0 Å². The highest BCUT2D eigenvalue weighted by molar-refractivity contribution is 9.09. The van der Waals surface area contributed by atoms with E-state index in [9.17, 15) is 4.79 Å². The predicted molar refractivity (Wildman–Crippen MR) is 164 cm³/mol. The van der Waals surface area contributed by atoms with E-state index in [-0.39, 0.29) is 18.5 Å². The topological polar surface area (TPSA) is 78.5 Å². The zero-order chi connectivity index (χ0) is 27.7. The molecule has 224 valence electrons. The Bertz CT molecular complexity index is 976. The van der Waals surface area contributed by atoms with E-state index in [0.717, 1.165) is 63.7 Å². The standard InChI is InChI=1S/C30H43BrN2O6.ClH/c1-35-27-21-25(30(34)38-20-7-13-31)22-28(29(27)36-2)37-19-6-11-26(39-23-24-9-4-3-5-10-24)12-17-33-16-8-14-32-15-18-33;/h3-5,9-10,21-22,26,32H,6-8,11-20,23H2,1-2H3;1H. The van der Waals surface area contributed by atoms with Crippen molar-refractivity contribution in [3.63, 3.8) is 0 Å². The highest BCUT2D eigenvalue weighted by Crippen LogP contribution is 2.38. The molecule has 10 heteroatoms. The summed E-state index contributed by atoms with van der Waals surface area (Å²) in [7, 11) is 3.10. The first kappa shape index (κ1) is 34.2. The molecule has 2 aromatic rings. The summed E-state index contributed by atoms with van der Waals surface area (Å²) >= 11 is 3.35. The third-order valence-corrected chi connectivity index (χ3v) is 7.21. The first-order chi connectivity index (χ1) is 19.1. The Kier molecular flexibility index (Phi) is 17.0. The molecule has 1 fully saturated rings. The summed E-state index contributed by atoms with van der Waals surface area (Å²) in [6.07, 6.45) is 4.68. The summed E-state index contributed by atoms with van der Waals surface area (Å²) < 4.78 is 28.8. The molecule has 0 spiro atoms. The number of nitrogens with one attached hydrogen (secondary N) is 1. The zero-order valence-electron chi connectivity index (χ0n) is 23.7. The summed E-state index contributed by atoms with van der Waals surface area (Å²) in [6.45, 7) is 6.74. The van der Waals surface area contributed by atoms with Gasteiger partial charge in [0.15, 0.2) is 11.5 Å². The number of nitrogens with zero attached hydrogens (tertiary/aromatic N) is 1. The molecule has 40 heavy (non-hydrogen) atoms. The number of alkyl halides is 1. The summed E-state index contributed by atoms with van der Waals surface area (Å²) in [4.78, 5) is 15.1. The maximum Gasteiger partial charge on any atom is 0.338 e. The van der Waals surface area contributed by atoms with Crippen LogP contribution in [0.5, 0.6) is 17.2 Å². The molecule has 0 radical (unpaired) electrons. The van der Waals surface area contributed by atoms with Gasteiger partial charge in [-0.1, -0.05) is 46.3 Å². The van der Waals surface area contributed by atoms with E-state index in [1.54, 1.807) is 19.2 Å². The fraction of sp³-hybridized carbons (Fsp3) is 0.567. The van der Waals surface area contributed by atoms with Gasteiger partial charge in [0, 0.05) is 25.0 Å². The Labute approximate surface area is 253 Å². The van der Waals surface area contributed by atoms with Crippen molar-refractivity contribution in [1.82, 2.24) is 10.2 Å². The van der Waals surface area contributed by atoms with E-state index in [0.29, 0.717) is 42.6 Å². The van der Waals surface area contributed by atoms with Gasteiger partial charge in [0.25, 0.3) is 0 Å². The predicted octanol–water partition coefficient (Wildman–Crippen LogP) is 5.50. The molecular weight excluding hydrogens is 600 g/mol. The van der Waals surface area contributed by atoms with E-state index < -0.39 is 5.97 Å². The fourth-order valence-corrected chi connectivity index (χ4v) is 4.73. The van der Waals surface area contributed by atoms with Gasteiger partial charge >= 0.3 is 5.97 Å². The number of rotatable bonds is 17. The smallest absolute Gasteiger partial charge is 0.338 e. The van der Waals surface area contributed by atoms with E-state index in [4.69, 9.17) is 23.7 Å². The van der Waals surface area contributed by atoms with Crippen molar-refractivity contribution >= 4 is 34.3 Å². The van der Waals surface area contributed by atoms with Crippen molar-refractivity contribution in [2.45, 2.75) is 44.8 Å². The molecule has 0 bridgehead atoms. The Morgan fingerprint density at radius 3 is 2.55 bits per heavy atom. The lowest BCUT2D eigenvalue weighted by Crippen LogP contribution is -2.31. The second kappa shape index (κ2) is 19.9. The summed E-state index contributed by atoms with van der Waals surface area (Å²) in [5.41, 5.74) is 1.54. The molecule has 8 nitrogen and oxygen atoms in total. The number of carbonyl (C=O) groups is 1. The van der Waals surface area contributed by atoms with Crippen molar-refractivity contribution in [1.29, 1.82) is 0 Å². The van der Waals surface area contributed by atoms with Crippen molar-refractivity contribution in [3.05, 3.63) is 53.6 Å². The third kappa shape index (κ3) is 11.8. The first-order valence-corrected chi connectivity index (χ1v) is 15.0. The number of hydrogen-bond acceptors (Lipinski definition) is 8. The van der Waals surface area contributed by atoms with Gasteiger partial charge in [0.2, 0.25) is 5.75 Å². The van der Waals surface area contributed by atoms with Crippen LogP contribution in [-0.2, 0) is 16.1 Å². The van der Waals surface area contributed by atoms with Gasteiger partial charge in [-0.05, 0) is 62.9 Å². The van der Waals surface area contributed by atoms with Crippen LogP contribution in [0.4, 0.5) is 0 Å². The molecule has 2 aromatic carbocycles. The van der Waals surface area contributed by atoms with E-state index in [1.165, 1.54) is 19.1 Å². The van der Waals surface area contributed by atoms with Crippen LogP contribution in [0.3, 0.4) is 0 Å². The average molecular weight is 644 g/mol. The van der Waals surface area contributed by atoms with Crippen molar-refractivity contribution in [2.24, 2.45) is 0 Å². The first-order valence-electron chi connectivity index (χ1n) is 13.8. The number of benzene rings is 2. The minimum atomic E-state index is -0.417. The van der Waals surface area contributed by atoms with Crippen LogP contribution in [0.15, 0.2) is 42.5 Å². The highest BCUT2D eigenvalue weighted by atomic mass is 79.9. The Hall–Kier alpha value is -2.04. The maximum atomic E-state index is 12.6. The van der Waals surface area contributed by atoms with Gasteiger partial charge in [-0.2, -0.15) is 0 Å². The van der Waals surface area contributed by atoms with Crippen molar-refractivity contribution < 1.29 is 28.5 Å². The number of esters is 1. The molecule has 1 saturated heterocycles. The monoisotopic (exact) mass is 642 g/mol. The largest absolute Gasteiger partial charge is 0.493 e. The number of carbonyl (C=O) groups excluding carboxylic acids is 1. The van der Waals surface area contributed by atoms with Crippen LogP contribution < -0.4 is 19.5 Å². The van der Waals surface area contributed by atoms with Gasteiger partial charge in [-0.3, -0.25) is 0 Å². The van der Waals surface area contributed by atoms with Crippen LogP contribution in [-0.4, -0.2) is 82.5 Å². The lowest BCUT2D eigenvalue weighted by Gasteiger charge is -2.24. The molecule has 1 atom stereocenters. The van der Waals surface area contributed by atoms with Crippen molar-refractivity contribution in [2.75, 3.05) is 65.5 Å². The van der Waals surface area contributed by atoms with Gasteiger partial charge < -0.3 is 33.9 Å². The molecule has 0 saturated carbocycles. The van der Waals surface area contributed by atoms with Crippen molar-refractivity contribution in [3.8, 4) is 17.2 Å². The molecule has 1 aliphatic rings. The van der Waals surface area contributed by atoms with Gasteiger partial charge in [-0.25, -0.2) is 4.79 Å². The van der Waals surface area contributed by atoms with Gasteiger partial charge in [0.05, 0.1) is 45.7 Å². The maximum absolute atomic E-state index is 12.6. The molecule has 1 aliphatic heterocycles. The lowest BCUT2D eigenvalue weighted by atomic mass is 10.1. The Morgan fingerprint density at radius 1 is 1.00 bits per heavy atom. The normalized spacial score (nSPS) is 14.5. The number of methoxy groups -OCH3 is 2. The van der Waals surface area contributed by atoms with Crippen LogP contribution in [0.2, 0.25) is 0 Å². The van der Waals surface area contributed by atoms with E-state index in [2.05, 4.69) is 38.3 Å². The summed E-state index contributed by atoms with van der Waals surface area (Å²) in [5.74, 6) is 0.933. The zero-order valence-corrected chi connectivity index (χ0v) is 26.1. The minimum Gasteiger partial charge on any atom is -0.493 e. The molecule has 0 aromatic heterocycles. The van der Waals surface area contributed by atoms with Crippen LogP contribution in [0.1, 0.15) is 48.0 Å². The Morgan fingerprint density at radius 2 is 1.80 bits per heavy atom. The van der Waals surface area contributed by atoms with E-state index >= 15 is 0 Å². The number of halogens is 2. The second-order valence-electron chi connectivity index (χ2n) is 9.53. The molecule has 3 rings (SSSR count). The molecule has 0 amide bonds. The van der Waals surface area contributed by atoms with E-state index in [1.807, 2.05) is 18.2 Å². The summed E-state index contributed by atoms with van der Waals surface area (Å²) in [5, 5.41) is 4.24. The van der Waals surface area contributed by atoms with Gasteiger partial charge in [-0.15, -0.1) is 12.4 Å². The third-order valence-electron chi connectivity index (χ3n) is 6.65. The molecule has 0 aliphatic carbocycles. The lowest BCUT2D eigenvalue weighted by molar-refractivity contribution is 0.0197. The SMILES string of the molecule is COc1cc(C(=O)OCCCBr)cc(OCCCC(CCN2CCCNCC2)OCc2ccccc2)c1OC.Cl. The van der Waals surface area contributed by atoms with Crippen LogP contribution >= 0.6 is 28.3 Å². The number of ether oxygens (including phenoxy) is 5. The molecule has 1 N–H and O–H groups in total. The quantitative estimate of drug-likeness (QED) is 0.138. The molecular formula is C30H44BrClN2O6. The highest BCUT2D eigenvalue weighted by Gasteiger charge is 2.19. The summed E-state index contributed by atoms with van der Waals surface area (Å²) in [6, 6.07) is 13.6. The second-order valence-corrected chi connectivity index (χ2v) is 10.3. The minimum absolute atomic E-state index is 0. The fourth-order valence-electron chi connectivity index (χ4n) is 4.50. The number of hydrogen-bond donors (Lipinski definition) is 1. The molecule has 1 heterocycles. The molecule has 1 unspecified atom stereocenters. The average Bonchev–Trinajstić information content (AvgIpc) is 3.25.